The second-order valence-electron chi connectivity index (χ2n) is 4.21. The topological polar surface area (TPSA) is 21.3 Å². The van der Waals surface area contributed by atoms with Crippen molar-refractivity contribution in [2.45, 2.75) is 45.1 Å². The van der Waals surface area contributed by atoms with Crippen LogP contribution in [0.25, 0.3) is 0 Å². The lowest BCUT2D eigenvalue weighted by Crippen LogP contribution is -2.29. The molecule has 0 aliphatic carbocycles. The highest BCUT2D eigenvalue weighted by Crippen LogP contribution is 2.11. The van der Waals surface area contributed by atoms with Gasteiger partial charge in [0.1, 0.15) is 0 Å². The quantitative estimate of drug-likeness (QED) is 0.478. The van der Waals surface area contributed by atoms with Crippen LogP contribution in [0.2, 0.25) is 0 Å². The highest BCUT2D eigenvalue weighted by atomic mass is 35.5. The SMILES string of the molecule is COC(C)(C)CCNCCCCCCl. The molecule has 0 saturated carbocycles. The first-order chi connectivity index (χ1) is 6.62. The summed E-state index contributed by atoms with van der Waals surface area (Å²) in [7, 11) is 1.76. The van der Waals surface area contributed by atoms with E-state index in [0.717, 1.165) is 31.8 Å². The molecule has 0 rings (SSSR count). The van der Waals surface area contributed by atoms with Crippen molar-refractivity contribution in [1.29, 1.82) is 0 Å². The molecule has 1 N–H and O–H groups in total. The van der Waals surface area contributed by atoms with Crippen molar-refractivity contribution >= 4 is 11.6 Å². The molecule has 0 bridgehead atoms. The normalized spacial score (nSPS) is 12.0. The Hall–Kier alpha value is 0.210. The summed E-state index contributed by atoms with van der Waals surface area (Å²) in [5, 5.41) is 3.41. The van der Waals surface area contributed by atoms with Gasteiger partial charge in [0.25, 0.3) is 0 Å². The highest BCUT2D eigenvalue weighted by Gasteiger charge is 2.14. The Morgan fingerprint density at radius 2 is 1.86 bits per heavy atom. The zero-order valence-corrected chi connectivity index (χ0v) is 10.5. The number of unbranched alkanes of at least 4 members (excludes halogenated alkanes) is 2. The Morgan fingerprint density at radius 3 is 2.43 bits per heavy atom. The van der Waals surface area contributed by atoms with Crippen LogP contribution < -0.4 is 5.32 Å². The minimum atomic E-state index is 0.00311. The molecule has 0 fully saturated rings. The molecule has 0 atom stereocenters. The van der Waals surface area contributed by atoms with E-state index in [1.165, 1.54) is 12.8 Å². The second-order valence-corrected chi connectivity index (χ2v) is 4.59. The summed E-state index contributed by atoms with van der Waals surface area (Å²) in [5.41, 5.74) is 0.00311. The average molecular weight is 222 g/mol. The van der Waals surface area contributed by atoms with Crippen molar-refractivity contribution < 1.29 is 4.74 Å². The Kier molecular flexibility index (Phi) is 8.64. The molecule has 0 aromatic rings. The fourth-order valence-electron chi connectivity index (χ4n) is 1.14. The summed E-state index contributed by atoms with van der Waals surface area (Å²) in [5.74, 6) is 0.788. The van der Waals surface area contributed by atoms with Gasteiger partial charge in [0.2, 0.25) is 0 Å². The first-order valence-electron chi connectivity index (χ1n) is 5.44. The molecule has 3 heteroatoms. The van der Waals surface area contributed by atoms with E-state index in [1.807, 2.05) is 0 Å². The summed E-state index contributed by atoms with van der Waals surface area (Å²) in [6, 6.07) is 0. The number of hydrogen-bond donors (Lipinski definition) is 1. The molecule has 0 aromatic carbocycles. The number of halogens is 1. The smallest absolute Gasteiger partial charge is 0.0634 e. The van der Waals surface area contributed by atoms with Crippen LogP contribution in [0.3, 0.4) is 0 Å². The zero-order valence-electron chi connectivity index (χ0n) is 9.74. The maximum Gasteiger partial charge on any atom is 0.0634 e. The van der Waals surface area contributed by atoms with Crippen molar-refractivity contribution in [2.24, 2.45) is 0 Å². The third kappa shape index (κ3) is 8.79. The second kappa shape index (κ2) is 8.51. The molecule has 14 heavy (non-hydrogen) atoms. The highest BCUT2D eigenvalue weighted by molar-refractivity contribution is 6.17. The van der Waals surface area contributed by atoms with Gasteiger partial charge in [-0.05, 0) is 46.2 Å². The molecule has 0 unspecified atom stereocenters. The van der Waals surface area contributed by atoms with Crippen molar-refractivity contribution in [2.75, 3.05) is 26.1 Å². The van der Waals surface area contributed by atoms with E-state index < -0.39 is 0 Å². The molecular formula is C11H24ClNO. The van der Waals surface area contributed by atoms with Gasteiger partial charge in [-0.3, -0.25) is 0 Å². The van der Waals surface area contributed by atoms with Gasteiger partial charge >= 0.3 is 0 Å². The predicted octanol–water partition coefficient (Wildman–Crippen LogP) is 2.80. The van der Waals surface area contributed by atoms with Crippen LogP contribution in [0.5, 0.6) is 0 Å². The summed E-state index contributed by atoms with van der Waals surface area (Å²) in [4.78, 5) is 0. The summed E-state index contributed by atoms with van der Waals surface area (Å²) in [6.07, 6.45) is 4.64. The lowest BCUT2D eigenvalue weighted by Gasteiger charge is -2.22. The number of nitrogens with one attached hydrogen (secondary N) is 1. The van der Waals surface area contributed by atoms with E-state index in [9.17, 15) is 0 Å². The van der Waals surface area contributed by atoms with Gasteiger partial charge in [0.15, 0.2) is 0 Å². The fourth-order valence-corrected chi connectivity index (χ4v) is 1.33. The van der Waals surface area contributed by atoms with Crippen LogP contribution in [0.15, 0.2) is 0 Å². The van der Waals surface area contributed by atoms with E-state index >= 15 is 0 Å². The Labute approximate surface area is 93.4 Å². The van der Waals surface area contributed by atoms with Gasteiger partial charge < -0.3 is 10.1 Å². The maximum absolute atomic E-state index is 5.58. The van der Waals surface area contributed by atoms with Crippen LogP contribution in [0, 0.1) is 0 Å². The van der Waals surface area contributed by atoms with Crippen molar-refractivity contribution in [3.8, 4) is 0 Å². The van der Waals surface area contributed by atoms with Crippen LogP contribution >= 0.6 is 11.6 Å². The Balaban J connectivity index is 3.13. The van der Waals surface area contributed by atoms with Gasteiger partial charge in [-0.25, -0.2) is 0 Å². The van der Waals surface area contributed by atoms with Crippen molar-refractivity contribution in [3.63, 3.8) is 0 Å². The molecule has 0 amide bonds. The van der Waals surface area contributed by atoms with Crippen LogP contribution in [-0.2, 0) is 4.74 Å². The minimum Gasteiger partial charge on any atom is -0.379 e. The number of methoxy groups -OCH3 is 1. The Morgan fingerprint density at radius 1 is 1.14 bits per heavy atom. The third-order valence-electron chi connectivity index (χ3n) is 2.44. The van der Waals surface area contributed by atoms with Crippen LogP contribution in [-0.4, -0.2) is 31.7 Å². The van der Waals surface area contributed by atoms with E-state index in [0.29, 0.717) is 0 Å². The molecule has 0 saturated heterocycles. The predicted molar refractivity (Wildman–Crippen MR) is 63.1 cm³/mol. The van der Waals surface area contributed by atoms with Gasteiger partial charge in [-0.2, -0.15) is 0 Å². The summed E-state index contributed by atoms with van der Waals surface area (Å²) in [6.45, 7) is 6.35. The summed E-state index contributed by atoms with van der Waals surface area (Å²) < 4.78 is 5.33. The van der Waals surface area contributed by atoms with Gasteiger partial charge in [0.05, 0.1) is 5.60 Å². The standard InChI is InChI=1S/C11H24ClNO/c1-11(2,14-3)7-10-13-9-6-4-5-8-12/h13H,4-10H2,1-3H3. The molecule has 0 spiro atoms. The van der Waals surface area contributed by atoms with Gasteiger partial charge in [0, 0.05) is 13.0 Å². The molecule has 2 nitrogen and oxygen atoms in total. The van der Waals surface area contributed by atoms with Gasteiger partial charge in [-0.15, -0.1) is 11.6 Å². The zero-order chi connectivity index (χ0) is 10.9. The number of hydrogen-bond acceptors (Lipinski definition) is 2. The first kappa shape index (κ1) is 14.2. The fraction of sp³-hybridized carbons (Fsp3) is 1.00. The molecule has 0 radical (unpaired) electrons. The van der Waals surface area contributed by atoms with Crippen LogP contribution in [0.4, 0.5) is 0 Å². The first-order valence-corrected chi connectivity index (χ1v) is 5.97. The maximum atomic E-state index is 5.58. The van der Waals surface area contributed by atoms with Crippen molar-refractivity contribution in [3.05, 3.63) is 0 Å². The number of alkyl halides is 1. The lowest BCUT2D eigenvalue weighted by atomic mass is 10.1. The minimum absolute atomic E-state index is 0.00311. The Bertz CT molecular complexity index is 128. The lowest BCUT2D eigenvalue weighted by molar-refractivity contribution is 0.0159. The number of rotatable bonds is 9. The van der Waals surface area contributed by atoms with E-state index in [1.54, 1.807) is 7.11 Å². The van der Waals surface area contributed by atoms with Crippen molar-refractivity contribution in [1.82, 2.24) is 5.32 Å². The molecule has 0 heterocycles. The number of ether oxygens (including phenoxy) is 1. The largest absolute Gasteiger partial charge is 0.379 e. The van der Waals surface area contributed by atoms with Crippen LogP contribution in [0.1, 0.15) is 39.5 Å². The van der Waals surface area contributed by atoms with E-state index in [2.05, 4.69) is 19.2 Å². The summed E-state index contributed by atoms with van der Waals surface area (Å²) >= 11 is 5.58. The third-order valence-corrected chi connectivity index (χ3v) is 2.71. The average Bonchev–Trinajstić information content (AvgIpc) is 2.16. The molecule has 0 aliphatic rings. The molecular weight excluding hydrogens is 198 g/mol. The monoisotopic (exact) mass is 221 g/mol. The van der Waals surface area contributed by atoms with E-state index in [4.69, 9.17) is 16.3 Å². The molecule has 86 valence electrons. The van der Waals surface area contributed by atoms with Gasteiger partial charge in [-0.1, -0.05) is 6.42 Å². The van der Waals surface area contributed by atoms with E-state index in [-0.39, 0.29) is 5.60 Å². The molecule has 0 aromatic heterocycles. The molecule has 0 aliphatic heterocycles.